The van der Waals surface area contributed by atoms with E-state index in [2.05, 4.69) is 9.97 Å². The van der Waals surface area contributed by atoms with Gasteiger partial charge in [-0.15, -0.1) is 0 Å². The third kappa shape index (κ3) is 2.46. The topological polar surface area (TPSA) is 68.1 Å². The van der Waals surface area contributed by atoms with E-state index in [1.165, 1.54) is 10.5 Å². The van der Waals surface area contributed by atoms with Crippen molar-refractivity contribution in [3.63, 3.8) is 0 Å². The maximum atomic E-state index is 13.1. The molecule has 0 spiro atoms. The molecule has 122 valence electrons. The molecule has 3 aromatic rings. The van der Waals surface area contributed by atoms with Gasteiger partial charge in [0.25, 0.3) is 10.0 Å². The zero-order valence-electron chi connectivity index (χ0n) is 12.9. The average Bonchev–Trinajstić information content (AvgIpc) is 3.16. The van der Waals surface area contributed by atoms with Crippen LogP contribution in [0.2, 0.25) is 0 Å². The van der Waals surface area contributed by atoms with Crippen molar-refractivity contribution in [1.29, 1.82) is 0 Å². The van der Waals surface area contributed by atoms with Crippen LogP contribution in [0.3, 0.4) is 0 Å². The molecule has 0 unspecified atom stereocenters. The summed E-state index contributed by atoms with van der Waals surface area (Å²) in [5, 5.41) is 0. The Morgan fingerprint density at radius 3 is 2.67 bits per heavy atom. The van der Waals surface area contributed by atoms with E-state index in [0.29, 0.717) is 6.54 Å². The summed E-state index contributed by atoms with van der Waals surface area (Å²) in [5.41, 5.74) is 1.74. The summed E-state index contributed by atoms with van der Waals surface area (Å²) in [6.45, 7) is 0.366. The Balaban J connectivity index is 1.81. The van der Waals surface area contributed by atoms with E-state index in [1.807, 2.05) is 35.0 Å². The largest absolute Gasteiger partial charge is 0.332 e. The highest BCUT2D eigenvalue weighted by Crippen LogP contribution is 2.35. The van der Waals surface area contributed by atoms with Gasteiger partial charge < -0.3 is 4.57 Å². The highest BCUT2D eigenvalue weighted by atomic mass is 32.2. The summed E-state index contributed by atoms with van der Waals surface area (Å²) in [6.07, 6.45) is 9.03. The lowest BCUT2D eigenvalue weighted by Gasteiger charge is -2.35. The van der Waals surface area contributed by atoms with Gasteiger partial charge in [-0.1, -0.05) is 18.2 Å². The summed E-state index contributed by atoms with van der Waals surface area (Å²) >= 11 is 0. The van der Waals surface area contributed by atoms with Gasteiger partial charge in [-0.2, -0.15) is 0 Å². The number of pyridine rings is 1. The zero-order valence-corrected chi connectivity index (χ0v) is 13.7. The fourth-order valence-electron chi connectivity index (χ4n) is 3.07. The molecule has 6 nitrogen and oxygen atoms in total. The van der Waals surface area contributed by atoms with Crippen molar-refractivity contribution < 1.29 is 8.42 Å². The van der Waals surface area contributed by atoms with Gasteiger partial charge in [0.15, 0.2) is 0 Å². The van der Waals surface area contributed by atoms with Crippen LogP contribution < -0.4 is 4.31 Å². The number of sulfonamides is 1. The van der Waals surface area contributed by atoms with Crippen molar-refractivity contribution in [2.75, 3.05) is 10.8 Å². The highest BCUT2D eigenvalue weighted by Gasteiger charge is 2.33. The zero-order chi connectivity index (χ0) is 16.6. The molecule has 3 heterocycles. The Hall–Kier alpha value is -2.67. The van der Waals surface area contributed by atoms with Gasteiger partial charge in [-0.3, -0.25) is 9.29 Å². The molecule has 0 aliphatic carbocycles. The molecule has 0 saturated heterocycles. The van der Waals surface area contributed by atoms with Crippen molar-refractivity contribution in [2.45, 2.75) is 17.4 Å². The fourth-order valence-corrected chi connectivity index (χ4v) is 4.58. The third-order valence-corrected chi connectivity index (χ3v) is 6.02. The molecule has 0 fully saturated rings. The number of benzene rings is 1. The molecule has 0 radical (unpaired) electrons. The second-order valence-electron chi connectivity index (χ2n) is 5.72. The van der Waals surface area contributed by atoms with Crippen LogP contribution in [0.25, 0.3) is 0 Å². The average molecular weight is 340 g/mol. The number of hydrogen-bond acceptors (Lipinski definition) is 4. The molecule has 7 heteroatoms. The van der Waals surface area contributed by atoms with E-state index >= 15 is 0 Å². The molecule has 0 amide bonds. The Kier molecular flexibility index (Phi) is 3.57. The van der Waals surface area contributed by atoms with Crippen LogP contribution in [0.15, 0.2) is 72.4 Å². The molecule has 0 saturated carbocycles. The van der Waals surface area contributed by atoms with Gasteiger partial charge in [0.05, 0.1) is 24.6 Å². The van der Waals surface area contributed by atoms with E-state index in [9.17, 15) is 8.42 Å². The third-order valence-electron chi connectivity index (χ3n) is 4.26. The van der Waals surface area contributed by atoms with Crippen LogP contribution in [-0.2, 0) is 16.4 Å². The Bertz CT molecular complexity index is 940. The van der Waals surface area contributed by atoms with Crippen LogP contribution in [0.5, 0.6) is 0 Å². The first-order valence-corrected chi connectivity index (χ1v) is 9.08. The van der Waals surface area contributed by atoms with E-state index in [0.717, 1.165) is 17.7 Å². The summed E-state index contributed by atoms with van der Waals surface area (Å²) in [6, 6.07) is 10.8. The predicted octanol–water partition coefficient (Wildman–Crippen LogP) is 2.27. The fraction of sp³-hybridized carbons (Fsp3) is 0.176. The molecule has 1 aliphatic rings. The minimum absolute atomic E-state index is 0.00819. The summed E-state index contributed by atoms with van der Waals surface area (Å²) in [5.74, 6) is 0. The lowest BCUT2D eigenvalue weighted by Crippen LogP contribution is -2.40. The van der Waals surface area contributed by atoms with Crippen LogP contribution in [0, 0.1) is 0 Å². The number of fused-ring (bicyclic) bond motifs is 1. The van der Waals surface area contributed by atoms with Crippen LogP contribution >= 0.6 is 0 Å². The number of hydrogen-bond donors (Lipinski definition) is 0. The Morgan fingerprint density at radius 1 is 1.04 bits per heavy atom. The van der Waals surface area contributed by atoms with Crippen molar-refractivity contribution in [3.8, 4) is 0 Å². The maximum Gasteiger partial charge on any atom is 0.265 e. The summed E-state index contributed by atoms with van der Waals surface area (Å²) < 4.78 is 29.7. The van der Waals surface area contributed by atoms with Crippen LogP contribution in [-0.4, -0.2) is 29.5 Å². The number of anilines is 1. The molecule has 1 atom stereocenters. The van der Waals surface area contributed by atoms with Gasteiger partial charge in [-0.05, 0) is 30.2 Å². The standard InChI is InChI=1S/C17H16N4O2S/c22-24(23,16-5-3-7-18-11-16)21-12-15(20-9-8-19-13-20)10-14-4-1-2-6-17(14)21/h1-9,11,13,15H,10,12H2/t15-/m1/s1. The van der Waals surface area contributed by atoms with E-state index < -0.39 is 10.0 Å². The maximum absolute atomic E-state index is 13.1. The molecule has 2 aromatic heterocycles. The smallest absolute Gasteiger partial charge is 0.265 e. The summed E-state index contributed by atoms with van der Waals surface area (Å²) in [7, 11) is -3.66. The predicted molar refractivity (Wildman–Crippen MR) is 90.2 cm³/mol. The quantitative estimate of drug-likeness (QED) is 0.733. The number of rotatable bonds is 3. The van der Waals surface area contributed by atoms with E-state index in [-0.39, 0.29) is 10.9 Å². The number of nitrogens with zero attached hydrogens (tertiary/aromatic N) is 4. The van der Waals surface area contributed by atoms with Gasteiger partial charge >= 0.3 is 0 Å². The number of para-hydroxylation sites is 1. The van der Waals surface area contributed by atoms with E-state index in [4.69, 9.17) is 0 Å². The highest BCUT2D eigenvalue weighted by molar-refractivity contribution is 7.92. The van der Waals surface area contributed by atoms with Crippen molar-refractivity contribution >= 4 is 15.7 Å². The van der Waals surface area contributed by atoms with Gasteiger partial charge in [-0.25, -0.2) is 13.4 Å². The second kappa shape index (κ2) is 5.76. The molecular formula is C17H16N4O2S. The lowest BCUT2D eigenvalue weighted by molar-refractivity contribution is 0.487. The first-order valence-electron chi connectivity index (χ1n) is 7.64. The Labute approximate surface area is 140 Å². The van der Waals surface area contributed by atoms with E-state index in [1.54, 1.807) is 30.9 Å². The molecule has 0 N–H and O–H groups in total. The van der Waals surface area contributed by atoms with Gasteiger partial charge in [0, 0.05) is 24.8 Å². The molecule has 24 heavy (non-hydrogen) atoms. The molecule has 1 aromatic carbocycles. The second-order valence-corrected chi connectivity index (χ2v) is 7.58. The molecule has 1 aliphatic heterocycles. The molecule has 4 rings (SSSR count). The molecular weight excluding hydrogens is 324 g/mol. The monoisotopic (exact) mass is 340 g/mol. The first kappa shape index (κ1) is 14.9. The van der Waals surface area contributed by atoms with Crippen LogP contribution in [0.1, 0.15) is 11.6 Å². The van der Waals surface area contributed by atoms with Gasteiger partial charge in [0.2, 0.25) is 0 Å². The minimum atomic E-state index is -3.66. The molecule has 0 bridgehead atoms. The normalized spacial score (nSPS) is 17.5. The SMILES string of the molecule is O=S(=O)(c1cccnc1)N1C[C@H](n2ccnc2)Cc2ccccc21. The lowest BCUT2D eigenvalue weighted by atomic mass is 10.00. The van der Waals surface area contributed by atoms with Crippen molar-refractivity contribution in [3.05, 3.63) is 73.1 Å². The Morgan fingerprint density at radius 2 is 1.92 bits per heavy atom. The number of aromatic nitrogens is 3. The summed E-state index contributed by atoms with van der Waals surface area (Å²) in [4.78, 5) is 8.23. The van der Waals surface area contributed by atoms with Crippen molar-refractivity contribution in [1.82, 2.24) is 14.5 Å². The minimum Gasteiger partial charge on any atom is -0.332 e. The van der Waals surface area contributed by atoms with Crippen LogP contribution in [0.4, 0.5) is 5.69 Å². The number of imidazole rings is 1. The van der Waals surface area contributed by atoms with Gasteiger partial charge in [0.1, 0.15) is 4.90 Å². The van der Waals surface area contributed by atoms with Crippen molar-refractivity contribution in [2.24, 2.45) is 0 Å². The first-order chi connectivity index (χ1) is 11.7.